The standard InChI is InChI=1S/C20H30/c1-3-14-13-15-7-4-5-8-16(15)17-10-12-20(2)11-6-9-18(20)19(14)17/h1,14-19H,4-13H2,2H3/t14-,15?,16+,17-,18+,19-,20+/m1/s1. The molecule has 0 heteroatoms. The zero-order chi connectivity index (χ0) is 13.7. The van der Waals surface area contributed by atoms with Crippen LogP contribution in [0.4, 0.5) is 0 Å². The lowest BCUT2D eigenvalue weighted by Gasteiger charge is -2.56. The van der Waals surface area contributed by atoms with Gasteiger partial charge in [-0.25, -0.2) is 0 Å². The van der Waals surface area contributed by atoms with Crippen molar-refractivity contribution in [3.63, 3.8) is 0 Å². The van der Waals surface area contributed by atoms with E-state index in [4.69, 9.17) is 6.42 Å². The summed E-state index contributed by atoms with van der Waals surface area (Å²) in [6, 6.07) is 0. The molecule has 0 heterocycles. The monoisotopic (exact) mass is 270 g/mol. The molecule has 0 aliphatic heterocycles. The summed E-state index contributed by atoms with van der Waals surface area (Å²) in [4.78, 5) is 0. The van der Waals surface area contributed by atoms with E-state index in [0.717, 1.165) is 29.6 Å². The number of terminal acetylenes is 1. The Morgan fingerprint density at radius 1 is 0.950 bits per heavy atom. The van der Waals surface area contributed by atoms with Crippen LogP contribution >= 0.6 is 0 Å². The van der Waals surface area contributed by atoms with E-state index in [2.05, 4.69) is 12.8 Å². The third kappa shape index (κ3) is 1.81. The van der Waals surface area contributed by atoms with Crippen LogP contribution in [0.1, 0.15) is 71.1 Å². The highest BCUT2D eigenvalue weighted by atomic mass is 14.6. The van der Waals surface area contributed by atoms with Crippen LogP contribution in [-0.2, 0) is 0 Å². The van der Waals surface area contributed by atoms with E-state index in [1.807, 2.05) is 0 Å². The summed E-state index contributed by atoms with van der Waals surface area (Å²) in [5.41, 5.74) is 0.651. The zero-order valence-electron chi connectivity index (χ0n) is 13.1. The maximum atomic E-state index is 6.01. The normalized spacial score (nSPS) is 54.4. The van der Waals surface area contributed by atoms with Crippen molar-refractivity contribution >= 4 is 0 Å². The van der Waals surface area contributed by atoms with Crippen molar-refractivity contribution in [1.29, 1.82) is 0 Å². The van der Waals surface area contributed by atoms with E-state index in [9.17, 15) is 0 Å². The molecule has 0 aromatic carbocycles. The second-order valence-electron chi connectivity index (χ2n) is 8.65. The van der Waals surface area contributed by atoms with Crippen LogP contribution in [0.5, 0.6) is 0 Å². The average Bonchev–Trinajstić information content (AvgIpc) is 2.87. The minimum atomic E-state index is 0.613. The summed E-state index contributed by atoms with van der Waals surface area (Å²) in [6.45, 7) is 2.58. The number of hydrogen-bond donors (Lipinski definition) is 0. The fraction of sp³-hybridized carbons (Fsp3) is 0.900. The second-order valence-corrected chi connectivity index (χ2v) is 8.65. The first-order chi connectivity index (χ1) is 9.73. The van der Waals surface area contributed by atoms with Crippen LogP contribution in [0, 0.1) is 53.3 Å². The van der Waals surface area contributed by atoms with Gasteiger partial charge in [0.2, 0.25) is 0 Å². The third-order valence-electron chi connectivity index (χ3n) is 7.92. The molecule has 0 aromatic rings. The van der Waals surface area contributed by atoms with Gasteiger partial charge in [0.05, 0.1) is 0 Å². The van der Waals surface area contributed by atoms with Crippen molar-refractivity contribution in [2.75, 3.05) is 0 Å². The Balaban J connectivity index is 1.67. The molecular weight excluding hydrogens is 240 g/mol. The lowest BCUT2D eigenvalue weighted by atomic mass is 9.48. The summed E-state index contributed by atoms with van der Waals surface area (Å²) in [5.74, 6) is 8.75. The molecule has 4 aliphatic rings. The molecule has 20 heavy (non-hydrogen) atoms. The number of hydrogen-bond acceptors (Lipinski definition) is 0. The highest BCUT2D eigenvalue weighted by Gasteiger charge is 2.55. The molecule has 0 nitrogen and oxygen atoms in total. The first-order valence-electron chi connectivity index (χ1n) is 9.19. The van der Waals surface area contributed by atoms with Gasteiger partial charge < -0.3 is 0 Å². The molecule has 7 atom stereocenters. The Bertz CT molecular complexity index is 416. The molecule has 0 amide bonds. The smallest absolute Gasteiger partial charge is 0.0236 e. The van der Waals surface area contributed by atoms with E-state index in [1.165, 1.54) is 64.2 Å². The van der Waals surface area contributed by atoms with E-state index in [-0.39, 0.29) is 0 Å². The van der Waals surface area contributed by atoms with Gasteiger partial charge in [-0.1, -0.05) is 32.6 Å². The molecule has 110 valence electrons. The molecule has 0 spiro atoms. The van der Waals surface area contributed by atoms with E-state index in [1.54, 1.807) is 0 Å². The highest BCUT2D eigenvalue weighted by molar-refractivity contribution is 5.11. The maximum Gasteiger partial charge on any atom is 0.0236 e. The van der Waals surface area contributed by atoms with Crippen molar-refractivity contribution in [3.05, 3.63) is 0 Å². The van der Waals surface area contributed by atoms with Crippen LogP contribution in [0.2, 0.25) is 0 Å². The lowest BCUT2D eigenvalue weighted by Crippen LogP contribution is -2.50. The van der Waals surface area contributed by atoms with E-state index >= 15 is 0 Å². The SMILES string of the molecule is C#C[C@@H]1CC2CCCC[C@@H]2[C@H]2CC[C@]3(C)CCC[C@H]3[C@@H]21. The molecule has 0 bridgehead atoms. The van der Waals surface area contributed by atoms with Crippen molar-refractivity contribution in [3.8, 4) is 12.3 Å². The van der Waals surface area contributed by atoms with Gasteiger partial charge in [-0.3, -0.25) is 0 Å². The Labute approximate surface area is 125 Å². The molecule has 4 fully saturated rings. The van der Waals surface area contributed by atoms with Gasteiger partial charge in [0, 0.05) is 5.92 Å². The van der Waals surface area contributed by atoms with Gasteiger partial charge in [0.15, 0.2) is 0 Å². The largest absolute Gasteiger partial charge is 0.120 e. The molecule has 0 N–H and O–H groups in total. The first kappa shape index (κ1) is 13.2. The Morgan fingerprint density at radius 2 is 1.80 bits per heavy atom. The molecule has 4 rings (SSSR count). The molecule has 1 unspecified atom stereocenters. The maximum absolute atomic E-state index is 6.01. The van der Waals surface area contributed by atoms with Gasteiger partial charge >= 0.3 is 0 Å². The van der Waals surface area contributed by atoms with Gasteiger partial charge in [0.1, 0.15) is 0 Å². The predicted molar refractivity (Wildman–Crippen MR) is 84.1 cm³/mol. The Hall–Kier alpha value is -0.440. The molecule has 4 aliphatic carbocycles. The molecule has 0 aromatic heterocycles. The molecule has 4 saturated carbocycles. The van der Waals surface area contributed by atoms with E-state index in [0.29, 0.717) is 11.3 Å². The fourth-order valence-electron chi connectivity index (χ4n) is 7.05. The molecular formula is C20H30. The van der Waals surface area contributed by atoms with Gasteiger partial charge in [-0.05, 0) is 73.5 Å². The van der Waals surface area contributed by atoms with Gasteiger partial charge in [-0.2, -0.15) is 0 Å². The quantitative estimate of drug-likeness (QED) is 0.525. The van der Waals surface area contributed by atoms with Crippen LogP contribution in [-0.4, -0.2) is 0 Å². The zero-order valence-corrected chi connectivity index (χ0v) is 13.1. The first-order valence-corrected chi connectivity index (χ1v) is 9.19. The Kier molecular flexibility index (Phi) is 3.17. The summed E-state index contributed by atoms with van der Waals surface area (Å²) >= 11 is 0. The summed E-state index contributed by atoms with van der Waals surface area (Å²) in [5, 5.41) is 0. The summed E-state index contributed by atoms with van der Waals surface area (Å²) < 4.78 is 0. The predicted octanol–water partition coefficient (Wildman–Crippen LogP) is 5.28. The summed E-state index contributed by atoms with van der Waals surface area (Å²) in [7, 11) is 0. The van der Waals surface area contributed by atoms with E-state index < -0.39 is 0 Å². The highest BCUT2D eigenvalue weighted by Crippen LogP contribution is 2.63. The Morgan fingerprint density at radius 3 is 2.65 bits per heavy atom. The molecule has 0 radical (unpaired) electrons. The molecule has 0 saturated heterocycles. The van der Waals surface area contributed by atoms with Crippen LogP contribution in [0.3, 0.4) is 0 Å². The number of fused-ring (bicyclic) bond motifs is 5. The minimum Gasteiger partial charge on any atom is -0.120 e. The fourth-order valence-corrected chi connectivity index (χ4v) is 7.05. The average molecular weight is 270 g/mol. The third-order valence-corrected chi connectivity index (χ3v) is 7.92. The van der Waals surface area contributed by atoms with Crippen molar-refractivity contribution in [2.24, 2.45) is 40.9 Å². The van der Waals surface area contributed by atoms with Crippen molar-refractivity contribution < 1.29 is 0 Å². The van der Waals surface area contributed by atoms with Crippen LogP contribution < -0.4 is 0 Å². The summed E-state index contributed by atoms with van der Waals surface area (Å²) in [6.07, 6.45) is 20.8. The minimum absolute atomic E-state index is 0.613. The number of rotatable bonds is 0. The van der Waals surface area contributed by atoms with Gasteiger partial charge in [0.25, 0.3) is 0 Å². The van der Waals surface area contributed by atoms with Gasteiger partial charge in [-0.15, -0.1) is 12.3 Å². The van der Waals surface area contributed by atoms with Crippen LogP contribution in [0.25, 0.3) is 0 Å². The second kappa shape index (κ2) is 4.79. The topological polar surface area (TPSA) is 0 Å². The van der Waals surface area contributed by atoms with Crippen LogP contribution in [0.15, 0.2) is 0 Å². The lowest BCUT2D eigenvalue weighted by molar-refractivity contribution is -0.0687. The van der Waals surface area contributed by atoms with Crippen molar-refractivity contribution in [2.45, 2.75) is 71.1 Å². The van der Waals surface area contributed by atoms with Crippen molar-refractivity contribution in [1.82, 2.24) is 0 Å².